The van der Waals surface area contributed by atoms with Crippen molar-refractivity contribution in [3.05, 3.63) is 42.5 Å². The van der Waals surface area contributed by atoms with Gasteiger partial charge in [0.05, 0.1) is 31.4 Å². The van der Waals surface area contributed by atoms with Crippen molar-refractivity contribution in [2.45, 2.75) is 6.04 Å². The molecule has 1 unspecified atom stereocenters. The van der Waals surface area contributed by atoms with E-state index in [-0.39, 0.29) is 6.04 Å². The summed E-state index contributed by atoms with van der Waals surface area (Å²) in [5.41, 5.74) is 7.88. The molecule has 96 valence electrons. The van der Waals surface area contributed by atoms with E-state index in [2.05, 4.69) is 10.3 Å². The van der Waals surface area contributed by atoms with Crippen molar-refractivity contribution in [3.63, 3.8) is 0 Å². The molecule has 3 N–H and O–H groups in total. The second kappa shape index (κ2) is 5.55. The Kier molecular flexibility index (Phi) is 3.84. The highest BCUT2D eigenvalue weighted by atomic mass is 16.5. The van der Waals surface area contributed by atoms with E-state index in [4.69, 9.17) is 10.5 Å². The second-order valence-electron chi connectivity index (χ2n) is 4.09. The number of hydrogen-bond donors (Lipinski definition) is 2. The molecule has 0 radical (unpaired) electrons. The fourth-order valence-electron chi connectivity index (χ4n) is 1.85. The minimum atomic E-state index is 0.0471. The summed E-state index contributed by atoms with van der Waals surface area (Å²) in [4.78, 5) is 4.11. The summed E-state index contributed by atoms with van der Waals surface area (Å²) in [7, 11) is 3.61. The fourth-order valence-corrected chi connectivity index (χ4v) is 1.85. The maximum atomic E-state index is 5.81. The molecule has 1 heterocycles. The lowest BCUT2D eigenvalue weighted by Crippen LogP contribution is -2.22. The zero-order valence-electron chi connectivity index (χ0n) is 10.6. The van der Waals surface area contributed by atoms with E-state index < -0.39 is 0 Å². The topological polar surface area (TPSA) is 65.1 Å². The van der Waals surface area contributed by atoms with E-state index in [1.807, 2.05) is 42.1 Å². The van der Waals surface area contributed by atoms with Gasteiger partial charge in [0.15, 0.2) is 0 Å². The van der Waals surface area contributed by atoms with Crippen LogP contribution >= 0.6 is 0 Å². The second-order valence-corrected chi connectivity index (χ2v) is 4.09. The number of hydrogen-bond acceptors (Lipinski definition) is 4. The van der Waals surface area contributed by atoms with Gasteiger partial charge in [-0.3, -0.25) is 0 Å². The highest BCUT2D eigenvalue weighted by Crippen LogP contribution is 2.20. The van der Waals surface area contributed by atoms with E-state index in [1.165, 1.54) is 0 Å². The molecule has 1 aromatic heterocycles. The number of imidazole rings is 1. The van der Waals surface area contributed by atoms with Gasteiger partial charge in [-0.05, 0) is 24.3 Å². The first-order valence-corrected chi connectivity index (χ1v) is 5.81. The van der Waals surface area contributed by atoms with E-state index in [1.54, 1.807) is 13.4 Å². The first-order valence-electron chi connectivity index (χ1n) is 5.81. The van der Waals surface area contributed by atoms with E-state index in [0.29, 0.717) is 6.54 Å². The van der Waals surface area contributed by atoms with Crippen molar-refractivity contribution < 1.29 is 4.74 Å². The van der Waals surface area contributed by atoms with Crippen molar-refractivity contribution in [1.29, 1.82) is 0 Å². The van der Waals surface area contributed by atoms with Crippen LogP contribution in [0.15, 0.2) is 36.8 Å². The van der Waals surface area contributed by atoms with Crippen LogP contribution < -0.4 is 15.8 Å². The molecule has 0 amide bonds. The Morgan fingerprint density at radius 3 is 2.61 bits per heavy atom. The van der Waals surface area contributed by atoms with Gasteiger partial charge in [0.25, 0.3) is 0 Å². The van der Waals surface area contributed by atoms with Crippen LogP contribution in [0.3, 0.4) is 0 Å². The number of ether oxygens (including phenoxy) is 1. The summed E-state index contributed by atoms with van der Waals surface area (Å²) >= 11 is 0. The van der Waals surface area contributed by atoms with Gasteiger partial charge in [-0.2, -0.15) is 0 Å². The van der Waals surface area contributed by atoms with Gasteiger partial charge in [0.1, 0.15) is 5.75 Å². The Morgan fingerprint density at radius 2 is 2.11 bits per heavy atom. The number of benzene rings is 1. The Labute approximate surface area is 107 Å². The van der Waals surface area contributed by atoms with Gasteiger partial charge in [0.2, 0.25) is 0 Å². The zero-order chi connectivity index (χ0) is 13.0. The third-order valence-corrected chi connectivity index (χ3v) is 2.88. The molecule has 0 aliphatic carbocycles. The Bertz CT molecular complexity index is 492. The lowest BCUT2D eigenvalue weighted by Gasteiger charge is -2.18. The minimum Gasteiger partial charge on any atom is -0.497 e. The molecular formula is C13H18N4O. The van der Waals surface area contributed by atoms with Gasteiger partial charge >= 0.3 is 0 Å². The van der Waals surface area contributed by atoms with Crippen LogP contribution in [-0.4, -0.2) is 23.2 Å². The lowest BCUT2D eigenvalue weighted by atomic mass is 10.2. The van der Waals surface area contributed by atoms with E-state index in [9.17, 15) is 0 Å². The van der Waals surface area contributed by atoms with E-state index in [0.717, 1.165) is 17.1 Å². The van der Waals surface area contributed by atoms with Gasteiger partial charge in [-0.1, -0.05) is 0 Å². The molecule has 0 bridgehead atoms. The number of aromatic nitrogens is 2. The number of methoxy groups -OCH3 is 1. The average molecular weight is 246 g/mol. The molecule has 0 aliphatic rings. The van der Waals surface area contributed by atoms with Gasteiger partial charge in [-0.25, -0.2) is 4.98 Å². The highest BCUT2D eigenvalue weighted by Gasteiger charge is 2.12. The predicted octanol–water partition coefficient (Wildman–Crippen LogP) is 1.54. The van der Waals surface area contributed by atoms with Crippen molar-refractivity contribution >= 4 is 5.69 Å². The third kappa shape index (κ3) is 2.62. The quantitative estimate of drug-likeness (QED) is 0.840. The van der Waals surface area contributed by atoms with Crippen LogP contribution in [0.2, 0.25) is 0 Å². The van der Waals surface area contributed by atoms with Gasteiger partial charge in [-0.15, -0.1) is 0 Å². The van der Waals surface area contributed by atoms with Crippen molar-refractivity contribution in [3.8, 4) is 5.75 Å². The molecule has 0 fully saturated rings. The number of nitrogens with one attached hydrogen (secondary N) is 1. The fraction of sp³-hybridized carbons (Fsp3) is 0.308. The normalized spacial score (nSPS) is 12.2. The maximum absolute atomic E-state index is 5.81. The molecule has 0 aliphatic heterocycles. The summed E-state index contributed by atoms with van der Waals surface area (Å²) in [6.45, 7) is 0.506. The number of nitrogens with two attached hydrogens (primary N) is 1. The summed E-state index contributed by atoms with van der Waals surface area (Å²) in [6.07, 6.45) is 3.60. The zero-order valence-corrected chi connectivity index (χ0v) is 10.6. The highest BCUT2D eigenvalue weighted by molar-refractivity contribution is 5.47. The van der Waals surface area contributed by atoms with Crippen LogP contribution in [0.1, 0.15) is 11.7 Å². The molecule has 1 aromatic carbocycles. The van der Waals surface area contributed by atoms with Crippen LogP contribution in [0.4, 0.5) is 5.69 Å². The molecule has 0 saturated carbocycles. The SMILES string of the molecule is COc1ccc(NC(CN)c2cncn2C)cc1. The monoisotopic (exact) mass is 246 g/mol. The largest absolute Gasteiger partial charge is 0.497 e. The number of aryl methyl sites for hydroxylation is 1. The summed E-state index contributed by atoms with van der Waals surface area (Å²) in [5, 5.41) is 3.38. The standard InChI is InChI=1S/C13H18N4O/c1-17-9-15-8-13(17)12(7-14)16-10-3-5-11(18-2)6-4-10/h3-6,8-9,12,16H,7,14H2,1-2H3. The molecular weight excluding hydrogens is 228 g/mol. The molecule has 1 atom stereocenters. The lowest BCUT2D eigenvalue weighted by molar-refractivity contribution is 0.415. The van der Waals surface area contributed by atoms with Crippen LogP contribution in [0, 0.1) is 0 Å². The van der Waals surface area contributed by atoms with Crippen LogP contribution in [0.25, 0.3) is 0 Å². The average Bonchev–Trinajstić information content (AvgIpc) is 2.83. The Hall–Kier alpha value is -2.01. The van der Waals surface area contributed by atoms with Crippen LogP contribution in [-0.2, 0) is 7.05 Å². The maximum Gasteiger partial charge on any atom is 0.119 e. The number of rotatable bonds is 5. The molecule has 5 nitrogen and oxygen atoms in total. The third-order valence-electron chi connectivity index (χ3n) is 2.88. The number of nitrogens with zero attached hydrogens (tertiary/aromatic N) is 2. The van der Waals surface area contributed by atoms with Crippen molar-refractivity contribution in [2.24, 2.45) is 12.8 Å². The smallest absolute Gasteiger partial charge is 0.119 e. The Balaban J connectivity index is 2.13. The first kappa shape index (κ1) is 12.4. The molecule has 0 saturated heterocycles. The van der Waals surface area contributed by atoms with Gasteiger partial charge in [0, 0.05) is 19.3 Å². The van der Waals surface area contributed by atoms with Gasteiger partial charge < -0.3 is 20.4 Å². The Morgan fingerprint density at radius 1 is 1.39 bits per heavy atom. The van der Waals surface area contributed by atoms with Crippen molar-refractivity contribution in [2.75, 3.05) is 19.0 Å². The molecule has 0 spiro atoms. The first-order chi connectivity index (χ1) is 8.74. The summed E-state index contributed by atoms with van der Waals surface area (Å²) < 4.78 is 7.09. The molecule has 2 aromatic rings. The molecule has 18 heavy (non-hydrogen) atoms. The summed E-state index contributed by atoms with van der Waals surface area (Å²) in [5.74, 6) is 0.838. The van der Waals surface area contributed by atoms with Crippen molar-refractivity contribution in [1.82, 2.24) is 9.55 Å². The predicted molar refractivity (Wildman–Crippen MR) is 71.6 cm³/mol. The summed E-state index contributed by atoms with van der Waals surface area (Å²) in [6, 6.07) is 7.82. The van der Waals surface area contributed by atoms with Crippen LogP contribution in [0.5, 0.6) is 5.75 Å². The molecule has 2 rings (SSSR count). The number of anilines is 1. The minimum absolute atomic E-state index is 0.0471. The molecule has 5 heteroatoms. The van der Waals surface area contributed by atoms with E-state index >= 15 is 0 Å².